The first-order chi connectivity index (χ1) is 8.10. The van der Waals surface area contributed by atoms with Gasteiger partial charge in [-0.3, -0.25) is 4.79 Å². The maximum atomic E-state index is 11.9. The molecule has 0 aliphatic rings. The monoisotopic (exact) mass is 234 g/mol. The molecular formula is C15H22O2. The van der Waals surface area contributed by atoms with Crippen LogP contribution in [0.1, 0.15) is 44.7 Å². The maximum Gasteiger partial charge on any atom is 0.313 e. The molecule has 1 aromatic carbocycles. The summed E-state index contributed by atoms with van der Waals surface area (Å²) in [6.07, 6.45) is 1.02. The van der Waals surface area contributed by atoms with Crippen LogP contribution in [-0.4, -0.2) is 12.6 Å². The third-order valence-electron chi connectivity index (χ3n) is 2.95. The summed E-state index contributed by atoms with van der Waals surface area (Å²) in [4.78, 5) is 11.9. The third-order valence-corrected chi connectivity index (χ3v) is 2.95. The van der Waals surface area contributed by atoms with E-state index in [1.165, 1.54) is 5.56 Å². The highest BCUT2D eigenvalue weighted by molar-refractivity contribution is 5.78. The Kier molecular flexibility index (Phi) is 5.20. The first kappa shape index (κ1) is 13.8. The first-order valence-electron chi connectivity index (χ1n) is 6.35. The third kappa shape index (κ3) is 3.58. The summed E-state index contributed by atoms with van der Waals surface area (Å²) in [5, 5.41) is 0. The van der Waals surface area contributed by atoms with Crippen molar-refractivity contribution < 1.29 is 9.53 Å². The van der Waals surface area contributed by atoms with E-state index < -0.39 is 0 Å². The van der Waals surface area contributed by atoms with Crippen LogP contribution in [0, 0.1) is 5.92 Å². The molecule has 0 amide bonds. The van der Waals surface area contributed by atoms with Crippen LogP contribution in [-0.2, 0) is 16.0 Å². The molecule has 0 saturated heterocycles. The maximum absolute atomic E-state index is 11.9. The molecule has 17 heavy (non-hydrogen) atoms. The van der Waals surface area contributed by atoms with Gasteiger partial charge in [0.25, 0.3) is 0 Å². The quantitative estimate of drug-likeness (QED) is 0.728. The molecule has 0 aliphatic carbocycles. The Morgan fingerprint density at radius 1 is 1.18 bits per heavy atom. The standard InChI is InChI=1S/C15H22O2/c1-5-12-7-9-13(10-8-12)14(11(3)4)15(16)17-6-2/h7-11,14H,5-6H2,1-4H3. The second kappa shape index (κ2) is 6.43. The van der Waals surface area contributed by atoms with Crippen molar-refractivity contribution >= 4 is 5.97 Å². The predicted octanol–water partition coefficient (Wildman–Crippen LogP) is 3.55. The molecule has 0 N–H and O–H groups in total. The fourth-order valence-corrected chi connectivity index (χ4v) is 1.99. The van der Waals surface area contributed by atoms with E-state index in [1.54, 1.807) is 0 Å². The van der Waals surface area contributed by atoms with Gasteiger partial charge in [-0.1, -0.05) is 45.0 Å². The lowest BCUT2D eigenvalue weighted by molar-refractivity contribution is -0.146. The molecule has 0 radical (unpaired) electrons. The number of esters is 1. The topological polar surface area (TPSA) is 26.3 Å². The van der Waals surface area contributed by atoms with Crippen molar-refractivity contribution in [1.29, 1.82) is 0 Å². The molecule has 1 rings (SSSR count). The van der Waals surface area contributed by atoms with E-state index in [4.69, 9.17) is 4.74 Å². The van der Waals surface area contributed by atoms with Crippen LogP contribution < -0.4 is 0 Å². The van der Waals surface area contributed by atoms with E-state index in [0.29, 0.717) is 6.61 Å². The molecule has 94 valence electrons. The molecule has 0 heterocycles. The zero-order valence-corrected chi connectivity index (χ0v) is 11.2. The lowest BCUT2D eigenvalue weighted by atomic mass is 9.88. The van der Waals surface area contributed by atoms with Gasteiger partial charge >= 0.3 is 5.97 Å². The minimum Gasteiger partial charge on any atom is -0.466 e. The summed E-state index contributed by atoms with van der Waals surface area (Å²) < 4.78 is 5.14. The molecule has 1 atom stereocenters. The Balaban J connectivity index is 2.93. The second-order valence-corrected chi connectivity index (χ2v) is 4.57. The van der Waals surface area contributed by atoms with Gasteiger partial charge in [-0.25, -0.2) is 0 Å². The summed E-state index contributed by atoms with van der Waals surface area (Å²) >= 11 is 0. The largest absolute Gasteiger partial charge is 0.466 e. The van der Waals surface area contributed by atoms with Crippen molar-refractivity contribution in [3.8, 4) is 0 Å². The normalized spacial score (nSPS) is 12.5. The number of hydrogen-bond donors (Lipinski definition) is 0. The number of ether oxygens (including phenoxy) is 1. The highest BCUT2D eigenvalue weighted by Gasteiger charge is 2.25. The number of carbonyl (C=O) groups is 1. The minimum absolute atomic E-state index is 0.119. The first-order valence-corrected chi connectivity index (χ1v) is 6.35. The van der Waals surface area contributed by atoms with E-state index in [2.05, 4.69) is 32.9 Å². The number of rotatable bonds is 5. The van der Waals surface area contributed by atoms with Crippen LogP contribution >= 0.6 is 0 Å². The van der Waals surface area contributed by atoms with Gasteiger partial charge in [0.1, 0.15) is 0 Å². The lowest BCUT2D eigenvalue weighted by Gasteiger charge is -2.19. The molecule has 2 heteroatoms. The van der Waals surface area contributed by atoms with Crippen molar-refractivity contribution in [2.24, 2.45) is 5.92 Å². The van der Waals surface area contributed by atoms with Crippen LogP contribution in [0.25, 0.3) is 0 Å². The fraction of sp³-hybridized carbons (Fsp3) is 0.533. The zero-order chi connectivity index (χ0) is 12.8. The molecule has 1 aromatic rings. The highest BCUT2D eigenvalue weighted by atomic mass is 16.5. The van der Waals surface area contributed by atoms with E-state index in [1.807, 2.05) is 19.1 Å². The molecule has 2 nitrogen and oxygen atoms in total. The molecule has 0 aromatic heterocycles. The van der Waals surface area contributed by atoms with Crippen molar-refractivity contribution in [3.05, 3.63) is 35.4 Å². The van der Waals surface area contributed by atoms with Gasteiger partial charge in [0.15, 0.2) is 0 Å². The van der Waals surface area contributed by atoms with E-state index in [-0.39, 0.29) is 17.8 Å². The lowest BCUT2D eigenvalue weighted by Crippen LogP contribution is -2.20. The predicted molar refractivity (Wildman–Crippen MR) is 70.0 cm³/mol. The fourth-order valence-electron chi connectivity index (χ4n) is 1.99. The molecule has 0 aliphatic heterocycles. The molecule has 0 bridgehead atoms. The average molecular weight is 234 g/mol. The van der Waals surface area contributed by atoms with Crippen molar-refractivity contribution in [2.75, 3.05) is 6.61 Å². The van der Waals surface area contributed by atoms with Crippen LogP contribution in [0.2, 0.25) is 0 Å². The summed E-state index contributed by atoms with van der Waals surface area (Å²) in [5.74, 6) is -0.0193. The van der Waals surface area contributed by atoms with E-state index in [9.17, 15) is 4.79 Å². The van der Waals surface area contributed by atoms with Crippen molar-refractivity contribution in [2.45, 2.75) is 40.0 Å². The van der Waals surface area contributed by atoms with Crippen LogP contribution in [0.5, 0.6) is 0 Å². The second-order valence-electron chi connectivity index (χ2n) is 4.57. The molecule has 0 saturated carbocycles. The average Bonchev–Trinajstić information content (AvgIpc) is 2.30. The van der Waals surface area contributed by atoms with Gasteiger partial charge in [-0.05, 0) is 30.4 Å². The number of aryl methyl sites for hydroxylation is 1. The van der Waals surface area contributed by atoms with Gasteiger partial charge in [-0.15, -0.1) is 0 Å². The van der Waals surface area contributed by atoms with Crippen LogP contribution in [0.4, 0.5) is 0 Å². The minimum atomic E-state index is -0.152. The Morgan fingerprint density at radius 3 is 2.18 bits per heavy atom. The molecule has 0 fully saturated rings. The van der Waals surface area contributed by atoms with Gasteiger partial charge in [0, 0.05) is 0 Å². The molecule has 1 unspecified atom stereocenters. The van der Waals surface area contributed by atoms with Gasteiger partial charge < -0.3 is 4.74 Å². The summed E-state index contributed by atoms with van der Waals surface area (Å²) in [7, 11) is 0. The summed E-state index contributed by atoms with van der Waals surface area (Å²) in [6, 6.07) is 8.26. The van der Waals surface area contributed by atoms with E-state index in [0.717, 1.165) is 12.0 Å². The Labute approximate surface area is 104 Å². The Bertz CT molecular complexity index is 352. The Hall–Kier alpha value is -1.31. The molecular weight excluding hydrogens is 212 g/mol. The number of carbonyl (C=O) groups excluding carboxylic acids is 1. The number of benzene rings is 1. The van der Waals surface area contributed by atoms with Crippen molar-refractivity contribution in [3.63, 3.8) is 0 Å². The number of hydrogen-bond acceptors (Lipinski definition) is 2. The van der Waals surface area contributed by atoms with E-state index >= 15 is 0 Å². The van der Waals surface area contributed by atoms with Gasteiger partial charge in [0.2, 0.25) is 0 Å². The molecule has 0 spiro atoms. The van der Waals surface area contributed by atoms with Gasteiger partial charge in [-0.2, -0.15) is 0 Å². The summed E-state index contributed by atoms with van der Waals surface area (Å²) in [5.41, 5.74) is 2.34. The van der Waals surface area contributed by atoms with Gasteiger partial charge in [0.05, 0.1) is 12.5 Å². The van der Waals surface area contributed by atoms with Crippen LogP contribution in [0.15, 0.2) is 24.3 Å². The van der Waals surface area contributed by atoms with Crippen molar-refractivity contribution in [1.82, 2.24) is 0 Å². The SMILES string of the molecule is CCOC(=O)C(c1ccc(CC)cc1)C(C)C. The zero-order valence-electron chi connectivity index (χ0n) is 11.2. The Morgan fingerprint density at radius 2 is 1.76 bits per heavy atom. The van der Waals surface area contributed by atoms with Crippen LogP contribution in [0.3, 0.4) is 0 Å². The highest BCUT2D eigenvalue weighted by Crippen LogP contribution is 2.26. The summed E-state index contributed by atoms with van der Waals surface area (Å²) in [6.45, 7) is 8.51. The smallest absolute Gasteiger partial charge is 0.313 e.